The summed E-state index contributed by atoms with van der Waals surface area (Å²) in [6.07, 6.45) is 1.41. The van der Waals surface area contributed by atoms with Gasteiger partial charge in [-0.3, -0.25) is 14.4 Å². The molecule has 0 aromatic heterocycles. The van der Waals surface area contributed by atoms with Crippen molar-refractivity contribution in [2.75, 3.05) is 54.7 Å². The molecule has 1 saturated heterocycles. The molecule has 2 N–H and O–H groups in total. The topological polar surface area (TPSA) is 85.0 Å². The van der Waals surface area contributed by atoms with Crippen molar-refractivity contribution in [3.8, 4) is 0 Å². The Labute approximate surface area is 232 Å². The molecule has 3 amide bonds. The standard InChI is InChI=1S/C30H30ClN5O3/c1-34(2)18-27(38)35(3)22-13-9-21(10-14-22)32-29(28-24-15-8-20(31)17-25(24)33-30(28)39)19-6-11-23(12-7-19)36-16-4-5-26(36)37/h6-15,17,32H,4-5,16,18H2,1-3H3,(H,33,39). The molecule has 2 aliphatic heterocycles. The zero-order valence-corrected chi connectivity index (χ0v) is 22.9. The molecule has 9 heteroatoms. The van der Waals surface area contributed by atoms with Crippen LogP contribution in [0.25, 0.3) is 11.3 Å². The Kier molecular flexibility index (Phi) is 7.41. The number of anilines is 4. The van der Waals surface area contributed by atoms with Crippen LogP contribution >= 0.6 is 11.6 Å². The van der Waals surface area contributed by atoms with E-state index in [0.29, 0.717) is 41.5 Å². The van der Waals surface area contributed by atoms with Gasteiger partial charge in [0.05, 0.1) is 23.5 Å². The fourth-order valence-corrected chi connectivity index (χ4v) is 5.01. The molecular formula is C30H30ClN5O3. The van der Waals surface area contributed by atoms with E-state index in [1.54, 1.807) is 29.0 Å². The summed E-state index contributed by atoms with van der Waals surface area (Å²) in [5.41, 5.74) is 5.66. The SMILES string of the molecule is CN(C)CC(=O)N(C)c1ccc(NC(=C2C(=O)Nc3cc(Cl)ccc32)c2ccc(N3CCCC3=O)cc2)cc1. The number of fused-ring (bicyclic) bond motifs is 1. The van der Waals surface area contributed by atoms with Crippen molar-refractivity contribution in [3.05, 3.63) is 82.9 Å². The summed E-state index contributed by atoms with van der Waals surface area (Å²) in [6.45, 7) is 1.02. The minimum atomic E-state index is -0.237. The zero-order valence-electron chi connectivity index (χ0n) is 22.1. The first-order valence-corrected chi connectivity index (χ1v) is 13.1. The van der Waals surface area contributed by atoms with E-state index in [9.17, 15) is 14.4 Å². The first-order valence-electron chi connectivity index (χ1n) is 12.8. The summed E-state index contributed by atoms with van der Waals surface area (Å²) in [7, 11) is 5.46. The average Bonchev–Trinajstić information content (AvgIpc) is 3.48. The lowest BCUT2D eigenvalue weighted by molar-refractivity contribution is -0.119. The number of halogens is 1. The van der Waals surface area contributed by atoms with Crippen LogP contribution in [-0.2, 0) is 14.4 Å². The van der Waals surface area contributed by atoms with E-state index >= 15 is 0 Å². The Morgan fingerprint density at radius 1 is 1.00 bits per heavy atom. The van der Waals surface area contributed by atoms with Crippen LogP contribution in [0.15, 0.2) is 66.7 Å². The maximum atomic E-state index is 13.2. The number of carbonyl (C=O) groups is 3. The highest BCUT2D eigenvalue weighted by atomic mass is 35.5. The van der Waals surface area contributed by atoms with Crippen LogP contribution < -0.4 is 20.4 Å². The first-order chi connectivity index (χ1) is 18.7. The number of likely N-dealkylation sites (N-methyl/N-ethyl adjacent to an activating group) is 2. The molecule has 0 aliphatic carbocycles. The van der Waals surface area contributed by atoms with Gasteiger partial charge in [0.2, 0.25) is 11.8 Å². The molecule has 0 atom stereocenters. The maximum Gasteiger partial charge on any atom is 0.258 e. The minimum absolute atomic E-state index is 0.0158. The largest absolute Gasteiger partial charge is 0.354 e. The lowest BCUT2D eigenvalue weighted by Crippen LogP contribution is -2.34. The second kappa shape index (κ2) is 10.9. The normalized spacial score (nSPS) is 15.9. The molecule has 0 saturated carbocycles. The van der Waals surface area contributed by atoms with Crippen LogP contribution in [0.5, 0.6) is 0 Å². The average molecular weight is 544 g/mol. The van der Waals surface area contributed by atoms with Crippen LogP contribution in [-0.4, -0.2) is 56.9 Å². The Hall–Kier alpha value is -4.14. The fourth-order valence-electron chi connectivity index (χ4n) is 4.83. The molecule has 0 bridgehead atoms. The minimum Gasteiger partial charge on any atom is -0.354 e. The third kappa shape index (κ3) is 5.53. The van der Waals surface area contributed by atoms with Gasteiger partial charge >= 0.3 is 0 Å². The van der Waals surface area contributed by atoms with Gasteiger partial charge in [-0.1, -0.05) is 29.8 Å². The molecule has 200 valence electrons. The van der Waals surface area contributed by atoms with Gasteiger partial charge in [-0.2, -0.15) is 0 Å². The number of carbonyl (C=O) groups excluding carboxylic acids is 3. The molecular weight excluding hydrogens is 514 g/mol. The Balaban J connectivity index is 1.51. The van der Waals surface area contributed by atoms with Crippen LogP contribution in [0.2, 0.25) is 5.02 Å². The van der Waals surface area contributed by atoms with Gasteiger partial charge < -0.3 is 25.3 Å². The Morgan fingerprint density at radius 2 is 1.72 bits per heavy atom. The Morgan fingerprint density at radius 3 is 2.36 bits per heavy atom. The molecule has 5 rings (SSSR count). The van der Waals surface area contributed by atoms with Gasteiger partial charge in [0.15, 0.2) is 0 Å². The molecule has 8 nitrogen and oxygen atoms in total. The van der Waals surface area contributed by atoms with Crippen LogP contribution in [0.1, 0.15) is 24.0 Å². The van der Waals surface area contributed by atoms with Gasteiger partial charge in [0.1, 0.15) is 0 Å². The number of rotatable bonds is 7. The molecule has 0 unspecified atom stereocenters. The quantitative estimate of drug-likeness (QED) is 0.413. The van der Waals surface area contributed by atoms with Crippen molar-refractivity contribution < 1.29 is 14.4 Å². The lowest BCUT2D eigenvalue weighted by Gasteiger charge is -2.21. The third-order valence-corrected chi connectivity index (χ3v) is 7.10. The zero-order chi connectivity index (χ0) is 27.7. The van der Waals surface area contributed by atoms with E-state index in [1.807, 2.05) is 73.6 Å². The Bertz CT molecular complexity index is 1460. The van der Waals surface area contributed by atoms with Gasteiger partial charge in [0.25, 0.3) is 5.91 Å². The van der Waals surface area contributed by atoms with E-state index in [1.165, 1.54) is 0 Å². The number of amides is 3. The second-order valence-electron chi connectivity index (χ2n) is 9.95. The monoisotopic (exact) mass is 543 g/mol. The van der Waals surface area contributed by atoms with Gasteiger partial charge in [-0.25, -0.2) is 0 Å². The smallest absolute Gasteiger partial charge is 0.258 e. The van der Waals surface area contributed by atoms with Crippen LogP contribution in [0.4, 0.5) is 22.7 Å². The van der Waals surface area contributed by atoms with Gasteiger partial charge in [-0.15, -0.1) is 0 Å². The van der Waals surface area contributed by atoms with Crippen molar-refractivity contribution in [1.82, 2.24) is 4.90 Å². The number of benzene rings is 3. The lowest BCUT2D eigenvalue weighted by atomic mass is 9.99. The van der Waals surface area contributed by atoms with Crippen LogP contribution in [0.3, 0.4) is 0 Å². The second-order valence-corrected chi connectivity index (χ2v) is 10.4. The number of nitrogens with one attached hydrogen (secondary N) is 2. The van der Waals surface area contributed by atoms with E-state index in [0.717, 1.165) is 34.6 Å². The molecule has 0 spiro atoms. The molecule has 1 fully saturated rings. The fraction of sp³-hybridized carbons (Fsp3) is 0.233. The molecule has 39 heavy (non-hydrogen) atoms. The molecule has 2 heterocycles. The number of hydrogen-bond donors (Lipinski definition) is 2. The summed E-state index contributed by atoms with van der Waals surface area (Å²) in [5.74, 6) is -0.133. The molecule has 0 radical (unpaired) electrons. The predicted molar refractivity (Wildman–Crippen MR) is 157 cm³/mol. The van der Waals surface area contributed by atoms with E-state index < -0.39 is 0 Å². The summed E-state index contributed by atoms with van der Waals surface area (Å²) >= 11 is 6.18. The van der Waals surface area contributed by atoms with Crippen molar-refractivity contribution >= 4 is 63.3 Å². The van der Waals surface area contributed by atoms with Crippen LogP contribution in [0, 0.1) is 0 Å². The predicted octanol–water partition coefficient (Wildman–Crippen LogP) is 4.92. The molecule has 2 aliphatic rings. The van der Waals surface area contributed by atoms with Crippen molar-refractivity contribution in [1.29, 1.82) is 0 Å². The van der Waals surface area contributed by atoms with Crippen molar-refractivity contribution in [2.24, 2.45) is 0 Å². The highest BCUT2D eigenvalue weighted by Gasteiger charge is 2.29. The van der Waals surface area contributed by atoms with Crippen molar-refractivity contribution in [2.45, 2.75) is 12.8 Å². The first kappa shape index (κ1) is 26.5. The summed E-state index contributed by atoms with van der Waals surface area (Å²) in [6, 6.07) is 20.5. The highest BCUT2D eigenvalue weighted by Crippen LogP contribution is 2.39. The van der Waals surface area contributed by atoms with E-state index in [2.05, 4.69) is 10.6 Å². The molecule has 3 aromatic rings. The van der Waals surface area contributed by atoms with E-state index in [-0.39, 0.29) is 17.7 Å². The third-order valence-electron chi connectivity index (χ3n) is 6.87. The molecule has 3 aromatic carbocycles. The van der Waals surface area contributed by atoms with Crippen molar-refractivity contribution in [3.63, 3.8) is 0 Å². The summed E-state index contributed by atoms with van der Waals surface area (Å²) < 4.78 is 0. The number of hydrogen-bond acceptors (Lipinski definition) is 5. The number of nitrogens with zero attached hydrogens (tertiary/aromatic N) is 3. The maximum absolute atomic E-state index is 13.2. The summed E-state index contributed by atoms with van der Waals surface area (Å²) in [5, 5.41) is 6.89. The summed E-state index contributed by atoms with van der Waals surface area (Å²) in [4.78, 5) is 43.2. The van der Waals surface area contributed by atoms with E-state index in [4.69, 9.17) is 11.6 Å². The van der Waals surface area contributed by atoms with Gasteiger partial charge in [0, 0.05) is 47.7 Å². The van der Waals surface area contributed by atoms with Gasteiger partial charge in [-0.05, 0) is 74.6 Å². The highest BCUT2D eigenvalue weighted by molar-refractivity contribution is 6.38.